The van der Waals surface area contributed by atoms with E-state index in [2.05, 4.69) is 5.32 Å². The lowest BCUT2D eigenvalue weighted by Crippen LogP contribution is -2.32. The third-order valence-corrected chi connectivity index (χ3v) is 4.74. The molecule has 1 atom stereocenters. The molecule has 0 fully saturated rings. The van der Waals surface area contributed by atoms with E-state index >= 15 is 0 Å². The smallest absolute Gasteiger partial charge is 0.460 e. The number of carbonyl (C=O) groups is 2. The van der Waals surface area contributed by atoms with Gasteiger partial charge in [0.1, 0.15) is 17.1 Å². The Bertz CT molecular complexity index is 938. The van der Waals surface area contributed by atoms with Gasteiger partial charge in [0.05, 0.1) is 13.0 Å². The van der Waals surface area contributed by atoms with Crippen molar-refractivity contribution in [1.29, 1.82) is 0 Å². The van der Waals surface area contributed by atoms with Crippen molar-refractivity contribution >= 4 is 24.5 Å². The van der Waals surface area contributed by atoms with Crippen LogP contribution in [0.2, 0.25) is 0 Å². The van der Waals surface area contributed by atoms with Gasteiger partial charge in [0.2, 0.25) is 5.91 Å². The Morgan fingerprint density at radius 3 is 2.52 bits per heavy atom. The largest absolute Gasteiger partial charge is 0.491 e. The van der Waals surface area contributed by atoms with Gasteiger partial charge < -0.3 is 24.5 Å². The Morgan fingerprint density at radius 1 is 1.16 bits per heavy atom. The molecule has 1 aliphatic rings. The zero-order valence-corrected chi connectivity index (χ0v) is 18.3. The van der Waals surface area contributed by atoms with Gasteiger partial charge in [-0.05, 0) is 61.6 Å². The molecule has 7 nitrogen and oxygen atoms in total. The van der Waals surface area contributed by atoms with Crippen LogP contribution in [0.5, 0.6) is 11.5 Å². The third kappa shape index (κ3) is 6.57. The Balaban J connectivity index is 1.48. The molecule has 2 N–H and O–H groups in total. The molecule has 0 radical (unpaired) electrons. The van der Waals surface area contributed by atoms with Gasteiger partial charge in [-0.2, -0.15) is 0 Å². The number of rotatable bonds is 7. The molecular formula is C23H28BNO6. The second-order valence-electron chi connectivity index (χ2n) is 8.68. The predicted molar refractivity (Wildman–Crippen MR) is 117 cm³/mol. The predicted octanol–water partition coefficient (Wildman–Crippen LogP) is 2.68. The summed E-state index contributed by atoms with van der Waals surface area (Å²) in [6.45, 7) is 7.81. The number of ether oxygens (including phenoxy) is 2. The van der Waals surface area contributed by atoms with Crippen molar-refractivity contribution < 1.29 is 28.7 Å². The molecule has 31 heavy (non-hydrogen) atoms. The number of amides is 1. The third-order valence-electron chi connectivity index (χ3n) is 4.74. The van der Waals surface area contributed by atoms with Crippen LogP contribution in [0.15, 0.2) is 42.5 Å². The highest BCUT2D eigenvalue weighted by Crippen LogP contribution is 2.24. The lowest BCUT2D eigenvalue weighted by molar-refractivity contribution is -0.157. The van der Waals surface area contributed by atoms with Crippen molar-refractivity contribution in [1.82, 2.24) is 5.32 Å². The first-order valence-electron chi connectivity index (χ1n) is 10.3. The molecule has 0 saturated heterocycles. The molecule has 0 aliphatic carbocycles. The monoisotopic (exact) mass is 425 g/mol. The summed E-state index contributed by atoms with van der Waals surface area (Å²) in [5.41, 5.74) is 2.02. The fourth-order valence-electron chi connectivity index (χ4n) is 3.17. The number of hydrogen-bond acceptors (Lipinski definition) is 6. The molecule has 0 spiro atoms. The molecule has 1 unspecified atom stereocenters. The fraction of sp³-hybridized carbons (Fsp3) is 0.391. The molecule has 2 aromatic carbocycles. The molecule has 0 saturated carbocycles. The second kappa shape index (κ2) is 9.53. The van der Waals surface area contributed by atoms with E-state index in [4.69, 9.17) is 14.1 Å². The van der Waals surface area contributed by atoms with Crippen LogP contribution in [0, 0.1) is 5.92 Å². The zero-order valence-electron chi connectivity index (χ0n) is 18.3. The number of hydrogen-bond donors (Lipinski definition) is 2. The molecule has 1 aliphatic heterocycles. The van der Waals surface area contributed by atoms with Gasteiger partial charge in [-0.1, -0.05) is 25.1 Å². The summed E-state index contributed by atoms with van der Waals surface area (Å²) in [5.74, 6) is 0.263. The van der Waals surface area contributed by atoms with E-state index in [9.17, 15) is 14.6 Å². The molecule has 0 bridgehead atoms. The van der Waals surface area contributed by atoms with Crippen molar-refractivity contribution in [3.63, 3.8) is 0 Å². The Labute approximate surface area is 182 Å². The fourth-order valence-corrected chi connectivity index (χ4v) is 3.17. The summed E-state index contributed by atoms with van der Waals surface area (Å²) >= 11 is 0. The van der Waals surface area contributed by atoms with Crippen molar-refractivity contribution in [3.05, 3.63) is 53.6 Å². The zero-order chi connectivity index (χ0) is 22.6. The van der Waals surface area contributed by atoms with Crippen LogP contribution >= 0.6 is 0 Å². The minimum absolute atomic E-state index is 0.0404. The van der Waals surface area contributed by atoms with E-state index < -0.39 is 18.6 Å². The van der Waals surface area contributed by atoms with Crippen molar-refractivity contribution in [2.45, 2.75) is 52.9 Å². The van der Waals surface area contributed by atoms with E-state index in [-0.39, 0.29) is 18.3 Å². The van der Waals surface area contributed by atoms with Crippen LogP contribution in [0.3, 0.4) is 0 Å². The van der Waals surface area contributed by atoms with Crippen LogP contribution < -0.4 is 15.5 Å². The molecule has 8 heteroatoms. The summed E-state index contributed by atoms with van der Waals surface area (Å²) in [6, 6.07) is 12.8. The standard InChI is InChI=1S/C23H28BNO6/c1-15(11-21(26)31-23(2,3)4)22(27)25-13-16-5-7-18(8-6-16)30-19-9-10-20-17(12-19)14-29-24(20)28/h5-10,12,15,28H,11,13-14H2,1-4H3,(H,25,27). The maximum absolute atomic E-state index is 12.3. The summed E-state index contributed by atoms with van der Waals surface area (Å²) in [7, 11) is -0.870. The van der Waals surface area contributed by atoms with Crippen LogP contribution in [-0.4, -0.2) is 29.6 Å². The molecular weight excluding hydrogens is 397 g/mol. The highest BCUT2D eigenvalue weighted by atomic mass is 16.6. The van der Waals surface area contributed by atoms with Crippen LogP contribution in [-0.2, 0) is 32.1 Å². The molecule has 0 aromatic heterocycles. The van der Waals surface area contributed by atoms with Crippen molar-refractivity contribution in [2.75, 3.05) is 0 Å². The average molecular weight is 425 g/mol. The Morgan fingerprint density at radius 2 is 1.84 bits per heavy atom. The van der Waals surface area contributed by atoms with E-state index in [1.54, 1.807) is 39.8 Å². The summed E-state index contributed by atoms with van der Waals surface area (Å²) in [4.78, 5) is 24.1. The molecule has 1 heterocycles. The highest BCUT2D eigenvalue weighted by Gasteiger charge is 2.27. The minimum atomic E-state index is -0.870. The maximum atomic E-state index is 12.3. The average Bonchev–Trinajstić information content (AvgIpc) is 3.06. The van der Waals surface area contributed by atoms with Gasteiger partial charge in [0, 0.05) is 12.5 Å². The van der Waals surface area contributed by atoms with Gasteiger partial charge in [0.15, 0.2) is 0 Å². The van der Waals surface area contributed by atoms with Crippen molar-refractivity contribution in [2.24, 2.45) is 5.92 Å². The number of nitrogens with one attached hydrogen (secondary N) is 1. The number of carbonyl (C=O) groups excluding carboxylic acids is 2. The first-order chi connectivity index (χ1) is 14.6. The van der Waals surface area contributed by atoms with E-state index in [1.165, 1.54) is 0 Å². The molecule has 2 aromatic rings. The normalized spacial score (nSPS) is 14.0. The lowest BCUT2D eigenvalue weighted by atomic mass is 9.80. The maximum Gasteiger partial charge on any atom is 0.491 e. The van der Waals surface area contributed by atoms with Crippen LogP contribution in [0.1, 0.15) is 45.2 Å². The minimum Gasteiger partial charge on any atom is -0.460 e. The first-order valence-corrected chi connectivity index (χ1v) is 10.3. The van der Waals surface area contributed by atoms with Gasteiger partial charge >= 0.3 is 13.1 Å². The number of fused-ring (bicyclic) bond motifs is 1. The SMILES string of the molecule is CC(CC(=O)OC(C)(C)C)C(=O)NCc1ccc(Oc2ccc3c(c2)COB3O)cc1. The van der Waals surface area contributed by atoms with E-state index in [1.807, 2.05) is 30.3 Å². The van der Waals surface area contributed by atoms with Crippen LogP contribution in [0.25, 0.3) is 0 Å². The Hall–Kier alpha value is -2.84. The molecule has 1 amide bonds. The Kier molecular flexibility index (Phi) is 7.03. The van der Waals surface area contributed by atoms with Gasteiger partial charge in [-0.15, -0.1) is 0 Å². The van der Waals surface area contributed by atoms with Gasteiger partial charge in [-0.25, -0.2) is 0 Å². The van der Waals surface area contributed by atoms with Crippen molar-refractivity contribution in [3.8, 4) is 11.5 Å². The molecule has 3 rings (SSSR count). The van der Waals surface area contributed by atoms with E-state index in [0.717, 1.165) is 16.6 Å². The second-order valence-corrected chi connectivity index (χ2v) is 8.68. The summed E-state index contributed by atoms with van der Waals surface area (Å²) < 4.78 is 16.3. The summed E-state index contributed by atoms with van der Waals surface area (Å²) in [5, 5.41) is 12.5. The first kappa shape index (κ1) is 22.8. The van der Waals surface area contributed by atoms with Gasteiger partial charge in [-0.3, -0.25) is 9.59 Å². The number of esters is 1. The summed E-state index contributed by atoms with van der Waals surface area (Å²) in [6.07, 6.45) is 0.0404. The van der Waals surface area contributed by atoms with Gasteiger partial charge in [0.25, 0.3) is 0 Å². The highest BCUT2D eigenvalue weighted by molar-refractivity contribution is 6.61. The van der Waals surface area contributed by atoms with E-state index in [0.29, 0.717) is 24.7 Å². The lowest BCUT2D eigenvalue weighted by Gasteiger charge is -2.20. The molecule has 164 valence electrons. The van der Waals surface area contributed by atoms with Crippen LogP contribution in [0.4, 0.5) is 0 Å². The quantitative estimate of drug-likeness (QED) is 0.524. The number of benzene rings is 2. The topological polar surface area (TPSA) is 94.1 Å².